The van der Waals surface area contributed by atoms with E-state index < -0.39 is 23.6 Å². The maximum atomic E-state index is 13.8. The van der Waals surface area contributed by atoms with Gasteiger partial charge in [0.1, 0.15) is 23.1 Å². The van der Waals surface area contributed by atoms with E-state index in [1.807, 2.05) is 24.3 Å². The van der Waals surface area contributed by atoms with E-state index in [1.165, 1.54) is 7.11 Å². The van der Waals surface area contributed by atoms with Crippen molar-refractivity contribution in [2.24, 2.45) is 0 Å². The van der Waals surface area contributed by atoms with Crippen LogP contribution in [0, 0.1) is 0 Å². The number of ether oxygens (including phenoxy) is 1. The number of esters is 1. The van der Waals surface area contributed by atoms with Gasteiger partial charge in [0.15, 0.2) is 0 Å². The number of amides is 2. The first-order chi connectivity index (χ1) is 18.6. The van der Waals surface area contributed by atoms with Crippen molar-refractivity contribution in [2.75, 3.05) is 14.2 Å². The van der Waals surface area contributed by atoms with Crippen LogP contribution >= 0.6 is 0 Å². The van der Waals surface area contributed by atoms with Crippen LogP contribution in [-0.2, 0) is 9.53 Å². The topological polar surface area (TPSA) is 113 Å². The summed E-state index contributed by atoms with van der Waals surface area (Å²) >= 11 is 0. The Morgan fingerprint density at radius 1 is 1.13 bits per heavy atom. The predicted molar refractivity (Wildman–Crippen MR) is 147 cm³/mol. The quantitative estimate of drug-likeness (QED) is 0.283. The molecular formula is C30H30FN3O5. The van der Waals surface area contributed by atoms with Crippen molar-refractivity contribution < 1.29 is 27.9 Å². The lowest BCUT2D eigenvalue weighted by Crippen LogP contribution is -2.50. The lowest BCUT2D eigenvalue weighted by Gasteiger charge is -2.23. The van der Waals surface area contributed by atoms with E-state index in [2.05, 4.69) is 15.6 Å². The van der Waals surface area contributed by atoms with Crippen LogP contribution in [0.15, 0.2) is 53.1 Å². The Labute approximate surface area is 224 Å². The normalized spacial score (nSPS) is 15.7. The van der Waals surface area contributed by atoms with E-state index in [9.17, 15) is 18.8 Å². The Morgan fingerprint density at radius 3 is 2.62 bits per heavy atom. The molecule has 0 fully saturated rings. The second kappa shape index (κ2) is 10.1. The van der Waals surface area contributed by atoms with Crippen LogP contribution in [-0.4, -0.2) is 48.6 Å². The second-order valence-electron chi connectivity index (χ2n) is 10.2. The van der Waals surface area contributed by atoms with Gasteiger partial charge in [-0.15, -0.1) is 0 Å². The molecule has 0 saturated heterocycles. The van der Waals surface area contributed by atoms with Crippen molar-refractivity contribution in [1.29, 1.82) is 0 Å². The number of furan rings is 1. The average Bonchev–Trinajstić information content (AvgIpc) is 3.57. The molecule has 0 spiro atoms. The zero-order chi connectivity index (χ0) is 27.9. The second-order valence-corrected chi connectivity index (χ2v) is 10.2. The third kappa shape index (κ3) is 4.69. The molecule has 1 aliphatic rings. The Hall–Kier alpha value is -4.40. The summed E-state index contributed by atoms with van der Waals surface area (Å²) in [5, 5.41) is 6.83. The predicted octanol–water partition coefficient (Wildman–Crippen LogP) is 5.53. The number of aromatic amines is 1. The fourth-order valence-electron chi connectivity index (χ4n) is 5.08. The van der Waals surface area contributed by atoms with Crippen molar-refractivity contribution in [3.8, 4) is 11.1 Å². The van der Waals surface area contributed by atoms with Crippen LogP contribution in [0.5, 0.6) is 0 Å². The van der Waals surface area contributed by atoms with E-state index in [-0.39, 0.29) is 12.3 Å². The van der Waals surface area contributed by atoms with E-state index in [0.717, 1.165) is 27.6 Å². The van der Waals surface area contributed by atoms with Gasteiger partial charge in [0, 0.05) is 35.1 Å². The molecule has 4 aromatic rings. The molecule has 0 bridgehead atoms. The van der Waals surface area contributed by atoms with Crippen LogP contribution < -0.4 is 10.6 Å². The number of methoxy groups -OCH3 is 1. The number of fused-ring (bicyclic) bond motifs is 3. The van der Waals surface area contributed by atoms with Crippen LogP contribution in [0.4, 0.5) is 4.39 Å². The maximum absolute atomic E-state index is 13.8. The first-order valence-electron chi connectivity index (χ1n) is 12.8. The molecule has 5 rings (SSSR count). The van der Waals surface area contributed by atoms with Crippen LogP contribution in [0.3, 0.4) is 0 Å². The molecule has 0 radical (unpaired) electrons. The number of aromatic nitrogens is 1. The number of nitrogens with one attached hydrogen (secondary N) is 3. The largest absolute Gasteiger partial charge is 0.467 e. The minimum Gasteiger partial charge on any atom is -0.467 e. The summed E-state index contributed by atoms with van der Waals surface area (Å²) in [6.07, 6.45) is 3.85. The highest BCUT2D eigenvalue weighted by molar-refractivity contribution is 6.18. The van der Waals surface area contributed by atoms with Gasteiger partial charge < -0.3 is 24.8 Å². The highest BCUT2D eigenvalue weighted by Gasteiger charge is 2.31. The number of allylic oxidation sites excluding steroid dienone is 2. The van der Waals surface area contributed by atoms with Gasteiger partial charge in [-0.3, -0.25) is 9.59 Å². The zero-order valence-corrected chi connectivity index (χ0v) is 22.2. The Kier molecular flexibility index (Phi) is 6.76. The summed E-state index contributed by atoms with van der Waals surface area (Å²) in [6.45, 7) is 3.15. The Morgan fingerprint density at radius 2 is 1.92 bits per heavy atom. The molecular weight excluding hydrogens is 501 g/mol. The van der Waals surface area contributed by atoms with Gasteiger partial charge >= 0.3 is 5.97 Å². The van der Waals surface area contributed by atoms with E-state index in [4.69, 9.17) is 9.15 Å². The molecule has 1 aliphatic carbocycles. The molecule has 8 nitrogen and oxygen atoms in total. The summed E-state index contributed by atoms with van der Waals surface area (Å²) in [4.78, 5) is 41.5. The van der Waals surface area contributed by atoms with Gasteiger partial charge in [-0.1, -0.05) is 18.2 Å². The van der Waals surface area contributed by atoms with Gasteiger partial charge in [-0.05, 0) is 68.5 Å². The van der Waals surface area contributed by atoms with Crippen LogP contribution in [0.1, 0.15) is 59.6 Å². The summed E-state index contributed by atoms with van der Waals surface area (Å²) in [5.74, 6) is -0.832. The van der Waals surface area contributed by atoms with Crippen molar-refractivity contribution in [3.63, 3.8) is 0 Å². The van der Waals surface area contributed by atoms with Crippen molar-refractivity contribution >= 4 is 45.2 Å². The van der Waals surface area contributed by atoms with Crippen molar-refractivity contribution in [1.82, 2.24) is 15.6 Å². The minimum atomic E-state index is -1.21. The van der Waals surface area contributed by atoms with E-state index in [0.29, 0.717) is 40.7 Å². The molecule has 2 heterocycles. The summed E-state index contributed by atoms with van der Waals surface area (Å²) in [5.41, 5.74) is 3.19. The number of hydrogen-bond acceptors (Lipinski definition) is 5. The molecule has 2 amide bonds. The number of hydrogen-bond donors (Lipinski definition) is 3. The molecule has 0 aliphatic heterocycles. The van der Waals surface area contributed by atoms with E-state index in [1.54, 1.807) is 45.3 Å². The SMILES string of the molecule is CNC(=O)c1c(C2=CCC(F)CC2)oc2c1cc(-c1cccc(C(=O)NC(C)(C)C(=O)OC)c1)c1[nH]ccc12. The minimum absolute atomic E-state index is 0.284. The summed E-state index contributed by atoms with van der Waals surface area (Å²) in [6, 6.07) is 10.8. The van der Waals surface area contributed by atoms with E-state index >= 15 is 0 Å². The molecule has 0 saturated carbocycles. The first-order valence-corrected chi connectivity index (χ1v) is 12.8. The van der Waals surface area contributed by atoms with Crippen LogP contribution in [0.2, 0.25) is 0 Å². The standard InChI is InChI=1S/C30H30FN3O5/c1-30(2,29(37)38-4)34-27(35)18-7-5-6-17(14-18)21-15-22-23(28(36)32-3)25(16-8-10-19(31)11-9-16)39-26(22)20-12-13-33-24(20)21/h5-8,12-15,19,33H,9-11H2,1-4H3,(H,32,36)(H,34,35). The van der Waals surface area contributed by atoms with Gasteiger partial charge in [0.25, 0.3) is 11.8 Å². The van der Waals surface area contributed by atoms with Crippen molar-refractivity contribution in [2.45, 2.75) is 44.8 Å². The molecule has 39 heavy (non-hydrogen) atoms. The Balaban J connectivity index is 1.65. The molecule has 1 atom stereocenters. The summed E-state index contributed by atoms with van der Waals surface area (Å²) < 4.78 is 25.0. The fraction of sp³-hybridized carbons (Fsp3) is 0.300. The fourth-order valence-corrected chi connectivity index (χ4v) is 5.08. The molecule has 2 aromatic carbocycles. The monoisotopic (exact) mass is 531 g/mol. The molecule has 2 aromatic heterocycles. The van der Waals surface area contributed by atoms with Gasteiger partial charge in [-0.25, -0.2) is 9.18 Å². The number of benzene rings is 2. The molecule has 202 valence electrons. The number of H-pyrrole nitrogens is 1. The number of alkyl halides is 1. The van der Waals surface area contributed by atoms with Gasteiger partial charge in [0.05, 0.1) is 18.2 Å². The average molecular weight is 532 g/mol. The van der Waals surface area contributed by atoms with Crippen LogP contribution in [0.25, 0.3) is 38.6 Å². The summed E-state index contributed by atoms with van der Waals surface area (Å²) in [7, 11) is 2.83. The third-order valence-electron chi connectivity index (χ3n) is 7.14. The number of halogens is 1. The lowest BCUT2D eigenvalue weighted by molar-refractivity contribution is -0.146. The van der Waals surface area contributed by atoms with Gasteiger partial charge in [-0.2, -0.15) is 0 Å². The molecule has 9 heteroatoms. The zero-order valence-electron chi connectivity index (χ0n) is 22.2. The maximum Gasteiger partial charge on any atom is 0.330 e. The smallest absolute Gasteiger partial charge is 0.330 e. The first kappa shape index (κ1) is 26.2. The number of carbonyl (C=O) groups is 3. The Bertz CT molecular complexity index is 1650. The molecule has 3 N–H and O–H groups in total. The third-order valence-corrected chi connectivity index (χ3v) is 7.14. The number of rotatable bonds is 6. The van der Waals surface area contributed by atoms with Gasteiger partial charge in [0.2, 0.25) is 0 Å². The number of carbonyl (C=O) groups excluding carboxylic acids is 3. The van der Waals surface area contributed by atoms with Crippen molar-refractivity contribution in [3.05, 3.63) is 65.6 Å². The highest BCUT2D eigenvalue weighted by Crippen LogP contribution is 2.42. The highest BCUT2D eigenvalue weighted by atomic mass is 19.1. The lowest BCUT2D eigenvalue weighted by atomic mass is 9.92. The molecule has 1 unspecified atom stereocenters.